The van der Waals surface area contributed by atoms with Crippen molar-refractivity contribution in [3.05, 3.63) is 48.0 Å². The minimum atomic E-state index is -1.23. The van der Waals surface area contributed by atoms with Crippen LogP contribution in [0.2, 0.25) is 0 Å². The summed E-state index contributed by atoms with van der Waals surface area (Å²) in [6, 6.07) is 4.93. The molecule has 0 fully saturated rings. The van der Waals surface area contributed by atoms with Crippen molar-refractivity contribution in [2.75, 3.05) is 11.9 Å². The molecule has 0 bridgehead atoms. The standard InChI is InChI=1S/C14H17FN4O2/c1-14(21,10-7-17-19(2)8-10)9-16-13(20)18-12-5-3-11(15)4-6-12/h3-8,21H,9H2,1-2H3,(H2,16,18,20). The fourth-order valence-corrected chi connectivity index (χ4v) is 1.76. The summed E-state index contributed by atoms with van der Waals surface area (Å²) < 4.78 is 14.3. The number of aliphatic hydroxyl groups is 1. The number of amides is 2. The molecular weight excluding hydrogens is 275 g/mol. The molecule has 0 aliphatic carbocycles. The summed E-state index contributed by atoms with van der Waals surface area (Å²) in [5.41, 5.74) is -0.156. The lowest BCUT2D eigenvalue weighted by atomic mass is 10.00. The third-order valence-electron chi connectivity index (χ3n) is 3.02. The number of hydrogen-bond acceptors (Lipinski definition) is 3. The molecule has 0 saturated heterocycles. The van der Waals surface area contributed by atoms with E-state index in [1.54, 1.807) is 31.0 Å². The van der Waals surface area contributed by atoms with E-state index in [1.165, 1.54) is 24.3 Å². The molecule has 21 heavy (non-hydrogen) atoms. The summed E-state index contributed by atoms with van der Waals surface area (Å²) >= 11 is 0. The first-order valence-electron chi connectivity index (χ1n) is 6.39. The van der Waals surface area contributed by atoms with Crippen LogP contribution < -0.4 is 10.6 Å². The quantitative estimate of drug-likeness (QED) is 0.800. The maximum atomic E-state index is 12.7. The van der Waals surface area contributed by atoms with Crippen LogP contribution in [0.15, 0.2) is 36.7 Å². The Hall–Kier alpha value is -2.41. The van der Waals surface area contributed by atoms with Crippen LogP contribution in [0, 0.1) is 5.82 Å². The Morgan fingerprint density at radius 2 is 2.10 bits per heavy atom. The second-order valence-electron chi connectivity index (χ2n) is 4.99. The van der Waals surface area contributed by atoms with Gasteiger partial charge in [-0.3, -0.25) is 4.68 Å². The summed E-state index contributed by atoms with van der Waals surface area (Å²) in [6.07, 6.45) is 3.22. The fourth-order valence-electron chi connectivity index (χ4n) is 1.76. The van der Waals surface area contributed by atoms with Gasteiger partial charge in [0, 0.05) is 24.5 Å². The van der Waals surface area contributed by atoms with Crippen LogP contribution in [-0.4, -0.2) is 27.5 Å². The molecule has 1 unspecified atom stereocenters. The largest absolute Gasteiger partial charge is 0.383 e. The number of carbonyl (C=O) groups excluding carboxylic acids is 1. The van der Waals surface area contributed by atoms with Gasteiger partial charge in [-0.25, -0.2) is 9.18 Å². The molecule has 0 aliphatic heterocycles. The van der Waals surface area contributed by atoms with Gasteiger partial charge in [-0.1, -0.05) is 0 Å². The van der Waals surface area contributed by atoms with Gasteiger partial charge < -0.3 is 15.7 Å². The van der Waals surface area contributed by atoms with E-state index in [9.17, 15) is 14.3 Å². The van der Waals surface area contributed by atoms with Crippen LogP contribution in [0.4, 0.5) is 14.9 Å². The van der Waals surface area contributed by atoms with Crippen molar-refractivity contribution in [2.24, 2.45) is 7.05 Å². The summed E-state index contributed by atoms with van der Waals surface area (Å²) in [5, 5.41) is 19.4. The molecule has 0 aliphatic rings. The molecule has 7 heteroatoms. The lowest BCUT2D eigenvalue weighted by Crippen LogP contribution is -2.40. The Morgan fingerprint density at radius 1 is 1.43 bits per heavy atom. The molecule has 6 nitrogen and oxygen atoms in total. The monoisotopic (exact) mass is 292 g/mol. The van der Waals surface area contributed by atoms with E-state index in [4.69, 9.17) is 0 Å². The number of carbonyl (C=O) groups is 1. The molecule has 0 spiro atoms. The van der Waals surface area contributed by atoms with Gasteiger partial charge in [0.1, 0.15) is 11.4 Å². The zero-order valence-electron chi connectivity index (χ0n) is 11.8. The Morgan fingerprint density at radius 3 is 2.67 bits per heavy atom. The number of aryl methyl sites for hydroxylation is 1. The van der Waals surface area contributed by atoms with E-state index in [0.717, 1.165) is 0 Å². The van der Waals surface area contributed by atoms with Gasteiger partial charge in [0.2, 0.25) is 0 Å². The van der Waals surface area contributed by atoms with E-state index < -0.39 is 11.6 Å². The Labute approximate surface area is 121 Å². The number of urea groups is 1. The normalized spacial score (nSPS) is 13.5. The SMILES string of the molecule is Cn1cc(C(C)(O)CNC(=O)Nc2ccc(F)cc2)cn1. The van der Waals surface area contributed by atoms with Crippen molar-refractivity contribution in [2.45, 2.75) is 12.5 Å². The molecule has 3 N–H and O–H groups in total. The summed E-state index contributed by atoms with van der Waals surface area (Å²) in [7, 11) is 1.74. The van der Waals surface area contributed by atoms with Crippen LogP contribution in [0.25, 0.3) is 0 Å². The predicted molar refractivity (Wildman–Crippen MR) is 76.2 cm³/mol. The molecule has 0 saturated carbocycles. The average molecular weight is 292 g/mol. The number of anilines is 1. The van der Waals surface area contributed by atoms with Crippen LogP contribution in [0.5, 0.6) is 0 Å². The molecule has 1 aromatic carbocycles. The highest BCUT2D eigenvalue weighted by molar-refractivity contribution is 5.89. The highest BCUT2D eigenvalue weighted by atomic mass is 19.1. The predicted octanol–water partition coefficient (Wildman–Crippen LogP) is 1.59. The Kier molecular flexibility index (Phi) is 4.23. The second-order valence-corrected chi connectivity index (χ2v) is 4.99. The van der Waals surface area contributed by atoms with Crippen molar-refractivity contribution < 1.29 is 14.3 Å². The lowest BCUT2D eigenvalue weighted by Gasteiger charge is -2.22. The zero-order valence-corrected chi connectivity index (χ0v) is 11.8. The van der Waals surface area contributed by atoms with Crippen molar-refractivity contribution in [3.63, 3.8) is 0 Å². The van der Waals surface area contributed by atoms with Gasteiger partial charge >= 0.3 is 6.03 Å². The van der Waals surface area contributed by atoms with E-state index >= 15 is 0 Å². The Bertz CT molecular complexity index is 622. The van der Waals surface area contributed by atoms with E-state index in [1.807, 2.05) is 0 Å². The highest BCUT2D eigenvalue weighted by Gasteiger charge is 2.25. The molecule has 1 heterocycles. The third-order valence-corrected chi connectivity index (χ3v) is 3.02. The van der Waals surface area contributed by atoms with E-state index in [-0.39, 0.29) is 12.4 Å². The van der Waals surface area contributed by atoms with Crippen LogP contribution >= 0.6 is 0 Å². The van der Waals surface area contributed by atoms with Crippen LogP contribution in [0.3, 0.4) is 0 Å². The van der Waals surface area contributed by atoms with Crippen LogP contribution in [-0.2, 0) is 12.6 Å². The number of nitrogens with zero attached hydrogens (tertiary/aromatic N) is 2. The van der Waals surface area contributed by atoms with Crippen LogP contribution in [0.1, 0.15) is 12.5 Å². The fraction of sp³-hybridized carbons (Fsp3) is 0.286. The first kappa shape index (κ1) is 15.0. The minimum Gasteiger partial charge on any atom is -0.383 e. The number of hydrogen-bond donors (Lipinski definition) is 3. The van der Waals surface area contributed by atoms with Gasteiger partial charge in [-0.05, 0) is 31.2 Å². The van der Waals surface area contributed by atoms with E-state index in [0.29, 0.717) is 11.3 Å². The summed E-state index contributed by atoms with van der Waals surface area (Å²) in [4.78, 5) is 11.7. The van der Waals surface area contributed by atoms with Gasteiger partial charge in [-0.2, -0.15) is 5.10 Å². The average Bonchev–Trinajstić information content (AvgIpc) is 2.87. The maximum Gasteiger partial charge on any atom is 0.319 e. The number of rotatable bonds is 4. The van der Waals surface area contributed by atoms with Crippen molar-refractivity contribution in [1.82, 2.24) is 15.1 Å². The van der Waals surface area contributed by atoms with Gasteiger partial charge in [0.05, 0.1) is 12.7 Å². The first-order valence-corrected chi connectivity index (χ1v) is 6.39. The van der Waals surface area contributed by atoms with Gasteiger partial charge in [-0.15, -0.1) is 0 Å². The molecule has 2 aromatic rings. The molecule has 112 valence electrons. The topological polar surface area (TPSA) is 79.2 Å². The second kappa shape index (κ2) is 5.92. The molecule has 1 aromatic heterocycles. The summed E-state index contributed by atoms with van der Waals surface area (Å²) in [5.74, 6) is -0.375. The zero-order chi connectivity index (χ0) is 15.5. The highest BCUT2D eigenvalue weighted by Crippen LogP contribution is 2.18. The molecule has 2 rings (SSSR count). The third kappa shape index (κ3) is 4.03. The molecule has 2 amide bonds. The van der Waals surface area contributed by atoms with E-state index in [2.05, 4.69) is 15.7 Å². The van der Waals surface area contributed by atoms with Crippen molar-refractivity contribution >= 4 is 11.7 Å². The molecule has 1 atom stereocenters. The van der Waals surface area contributed by atoms with Crippen molar-refractivity contribution in [1.29, 1.82) is 0 Å². The van der Waals surface area contributed by atoms with Gasteiger partial charge in [0.25, 0.3) is 0 Å². The Balaban J connectivity index is 1.90. The number of aromatic nitrogens is 2. The number of benzene rings is 1. The molecular formula is C14H17FN4O2. The first-order chi connectivity index (χ1) is 9.87. The van der Waals surface area contributed by atoms with Gasteiger partial charge in [0.15, 0.2) is 0 Å². The number of halogens is 1. The smallest absolute Gasteiger partial charge is 0.319 e. The lowest BCUT2D eigenvalue weighted by molar-refractivity contribution is 0.0599. The number of nitrogens with one attached hydrogen (secondary N) is 2. The van der Waals surface area contributed by atoms with Crippen molar-refractivity contribution in [3.8, 4) is 0 Å². The summed E-state index contributed by atoms with van der Waals surface area (Å²) in [6.45, 7) is 1.61. The molecule has 0 radical (unpaired) electrons. The minimum absolute atomic E-state index is 0.0196. The maximum absolute atomic E-state index is 12.7.